The lowest BCUT2D eigenvalue weighted by Gasteiger charge is -2.13. The Morgan fingerprint density at radius 2 is 1.59 bits per heavy atom. The molecule has 0 aliphatic heterocycles. The largest absolute Gasteiger partial charge is 0.457 e. The van der Waals surface area contributed by atoms with Crippen molar-refractivity contribution in [3.8, 4) is 11.5 Å². The summed E-state index contributed by atoms with van der Waals surface area (Å²) in [7, 11) is 1.59. The molecule has 3 nitrogen and oxygen atoms in total. The van der Waals surface area contributed by atoms with Crippen molar-refractivity contribution in [2.45, 2.75) is 18.8 Å². The molecule has 136 valence electrons. The first kappa shape index (κ1) is 17.3. The predicted octanol–water partition coefficient (Wildman–Crippen LogP) is 5.50. The van der Waals surface area contributed by atoms with Crippen LogP contribution in [0.3, 0.4) is 0 Å². The molecule has 1 aliphatic carbocycles. The van der Waals surface area contributed by atoms with E-state index in [0.717, 1.165) is 24.3 Å². The summed E-state index contributed by atoms with van der Waals surface area (Å²) in [6.45, 7) is 0. The predicted molar refractivity (Wildman–Crippen MR) is 104 cm³/mol. The highest BCUT2D eigenvalue weighted by atomic mass is 19.1. The fourth-order valence-corrected chi connectivity index (χ4v) is 3.54. The van der Waals surface area contributed by atoms with Gasteiger partial charge in [-0.05, 0) is 59.5 Å². The molecule has 0 fully saturated rings. The number of halogens is 1. The van der Waals surface area contributed by atoms with E-state index in [1.54, 1.807) is 19.2 Å². The lowest BCUT2D eigenvalue weighted by atomic mass is 9.92. The normalized spacial score (nSPS) is 17.0. The molecule has 0 aromatic heterocycles. The molecule has 0 saturated heterocycles. The number of rotatable bonds is 5. The summed E-state index contributed by atoms with van der Waals surface area (Å²) in [5.74, 6) is 1.29. The zero-order valence-electron chi connectivity index (χ0n) is 15.1. The lowest BCUT2D eigenvalue weighted by molar-refractivity contribution is 0.211. The molecule has 4 rings (SSSR count). The number of hydrogen-bond donors (Lipinski definition) is 0. The highest BCUT2D eigenvalue weighted by molar-refractivity contribution is 5.96. The summed E-state index contributed by atoms with van der Waals surface area (Å²) in [4.78, 5) is 5.06. The van der Waals surface area contributed by atoms with Crippen molar-refractivity contribution in [1.29, 1.82) is 0 Å². The molecule has 3 aromatic carbocycles. The van der Waals surface area contributed by atoms with E-state index in [-0.39, 0.29) is 11.7 Å². The first-order valence-corrected chi connectivity index (χ1v) is 8.93. The zero-order valence-corrected chi connectivity index (χ0v) is 15.1. The van der Waals surface area contributed by atoms with Crippen LogP contribution >= 0.6 is 0 Å². The van der Waals surface area contributed by atoms with Gasteiger partial charge in [-0.25, -0.2) is 4.39 Å². The molecule has 1 atom stereocenters. The lowest BCUT2D eigenvalue weighted by Crippen LogP contribution is -2.10. The molecule has 0 radical (unpaired) electrons. The monoisotopic (exact) mass is 361 g/mol. The second kappa shape index (κ2) is 7.62. The van der Waals surface area contributed by atoms with Gasteiger partial charge in [0.1, 0.15) is 24.4 Å². The summed E-state index contributed by atoms with van der Waals surface area (Å²) in [5, 5.41) is 4.26. The summed E-state index contributed by atoms with van der Waals surface area (Å²) >= 11 is 0. The number of fused-ring (bicyclic) bond motifs is 1. The van der Waals surface area contributed by atoms with Gasteiger partial charge >= 0.3 is 0 Å². The molecule has 0 saturated carbocycles. The molecular weight excluding hydrogens is 341 g/mol. The number of nitrogens with zero attached hydrogens (tertiary/aromatic N) is 1. The molecular formula is C23H20FNO2. The highest BCUT2D eigenvalue weighted by Crippen LogP contribution is 2.34. The van der Waals surface area contributed by atoms with E-state index in [2.05, 4.69) is 41.6 Å². The average Bonchev–Trinajstić information content (AvgIpc) is 3.03. The fraction of sp³-hybridized carbons (Fsp3) is 0.174. The van der Waals surface area contributed by atoms with Gasteiger partial charge in [-0.15, -0.1) is 0 Å². The van der Waals surface area contributed by atoms with Gasteiger partial charge in [0, 0.05) is 12.3 Å². The van der Waals surface area contributed by atoms with E-state index in [1.165, 1.54) is 28.8 Å². The van der Waals surface area contributed by atoms with Crippen molar-refractivity contribution in [2.24, 2.45) is 5.16 Å². The van der Waals surface area contributed by atoms with Gasteiger partial charge in [0.2, 0.25) is 0 Å². The third-order valence-electron chi connectivity index (χ3n) is 4.83. The number of hydrogen-bond acceptors (Lipinski definition) is 3. The SMILES string of the molecule is CO/N=C1\Cc2ccccc2C1Cc1ccc(Oc2ccc(F)cc2)cc1. The Bertz CT molecular complexity index is 949. The fourth-order valence-electron chi connectivity index (χ4n) is 3.54. The van der Waals surface area contributed by atoms with Crippen molar-refractivity contribution in [2.75, 3.05) is 7.11 Å². The van der Waals surface area contributed by atoms with Crippen LogP contribution in [0.4, 0.5) is 4.39 Å². The van der Waals surface area contributed by atoms with Gasteiger partial charge in [0.15, 0.2) is 0 Å². The van der Waals surface area contributed by atoms with E-state index >= 15 is 0 Å². The maximum absolute atomic E-state index is 13.0. The van der Waals surface area contributed by atoms with Gasteiger partial charge in [0.25, 0.3) is 0 Å². The first-order valence-electron chi connectivity index (χ1n) is 8.93. The Hall–Kier alpha value is -3.14. The van der Waals surface area contributed by atoms with Gasteiger partial charge < -0.3 is 9.57 Å². The Morgan fingerprint density at radius 3 is 2.30 bits per heavy atom. The molecule has 0 heterocycles. The van der Waals surface area contributed by atoms with Gasteiger partial charge in [-0.2, -0.15) is 0 Å². The van der Waals surface area contributed by atoms with Crippen LogP contribution in [0.2, 0.25) is 0 Å². The third-order valence-corrected chi connectivity index (χ3v) is 4.83. The summed E-state index contributed by atoms with van der Waals surface area (Å²) in [6, 6.07) is 22.5. The third kappa shape index (κ3) is 3.85. The molecule has 0 bridgehead atoms. The zero-order chi connectivity index (χ0) is 18.6. The van der Waals surface area contributed by atoms with Crippen molar-refractivity contribution in [1.82, 2.24) is 0 Å². The minimum Gasteiger partial charge on any atom is -0.457 e. The van der Waals surface area contributed by atoms with Crippen LogP contribution in [0.25, 0.3) is 0 Å². The Balaban J connectivity index is 1.50. The minimum atomic E-state index is -0.275. The quantitative estimate of drug-likeness (QED) is 0.562. The van der Waals surface area contributed by atoms with Gasteiger partial charge in [-0.1, -0.05) is 41.6 Å². The molecule has 1 aliphatic rings. The van der Waals surface area contributed by atoms with Crippen molar-refractivity contribution in [3.05, 3.63) is 95.3 Å². The van der Waals surface area contributed by atoms with E-state index in [4.69, 9.17) is 9.57 Å². The topological polar surface area (TPSA) is 30.8 Å². The molecule has 0 spiro atoms. The minimum absolute atomic E-state index is 0.227. The molecule has 3 aromatic rings. The molecule has 1 unspecified atom stereocenters. The Labute approximate surface area is 158 Å². The van der Waals surface area contributed by atoms with Crippen LogP contribution in [0.5, 0.6) is 11.5 Å². The molecule has 0 amide bonds. The first-order chi connectivity index (χ1) is 13.2. The summed E-state index contributed by atoms with van der Waals surface area (Å²) in [5.41, 5.74) is 4.90. The Kier molecular flexibility index (Phi) is 4.88. The van der Waals surface area contributed by atoms with Crippen LogP contribution in [0, 0.1) is 5.82 Å². The van der Waals surface area contributed by atoms with Crippen LogP contribution in [0.15, 0.2) is 78.0 Å². The summed E-state index contributed by atoms with van der Waals surface area (Å²) < 4.78 is 18.8. The van der Waals surface area contributed by atoms with Gasteiger partial charge in [0.05, 0.1) is 5.71 Å². The standard InChI is InChI=1S/C23H20FNO2/c1-26-25-23-15-17-4-2-3-5-21(17)22(23)14-16-6-10-19(11-7-16)27-20-12-8-18(24)9-13-20/h2-13,22H,14-15H2,1H3/b25-23+. The van der Waals surface area contributed by atoms with Crippen LogP contribution in [-0.2, 0) is 17.7 Å². The van der Waals surface area contributed by atoms with Crippen molar-refractivity contribution in [3.63, 3.8) is 0 Å². The molecule has 4 heteroatoms. The molecule has 27 heavy (non-hydrogen) atoms. The summed E-state index contributed by atoms with van der Waals surface area (Å²) in [6.07, 6.45) is 1.69. The van der Waals surface area contributed by atoms with E-state index in [9.17, 15) is 4.39 Å². The smallest absolute Gasteiger partial charge is 0.127 e. The van der Waals surface area contributed by atoms with Crippen LogP contribution in [0.1, 0.15) is 22.6 Å². The van der Waals surface area contributed by atoms with E-state index < -0.39 is 0 Å². The van der Waals surface area contributed by atoms with E-state index in [0.29, 0.717) is 5.75 Å². The van der Waals surface area contributed by atoms with E-state index in [1.807, 2.05) is 12.1 Å². The maximum Gasteiger partial charge on any atom is 0.127 e. The van der Waals surface area contributed by atoms with Crippen molar-refractivity contribution >= 4 is 5.71 Å². The second-order valence-electron chi connectivity index (χ2n) is 6.60. The van der Waals surface area contributed by atoms with Crippen LogP contribution in [-0.4, -0.2) is 12.8 Å². The average molecular weight is 361 g/mol. The number of ether oxygens (including phenoxy) is 1. The van der Waals surface area contributed by atoms with Crippen LogP contribution < -0.4 is 4.74 Å². The van der Waals surface area contributed by atoms with Gasteiger partial charge in [-0.3, -0.25) is 0 Å². The second-order valence-corrected chi connectivity index (χ2v) is 6.60. The number of oxime groups is 1. The number of benzene rings is 3. The Morgan fingerprint density at radius 1 is 0.926 bits per heavy atom. The maximum atomic E-state index is 13.0. The molecule has 0 N–H and O–H groups in total. The van der Waals surface area contributed by atoms with Crippen molar-refractivity contribution < 1.29 is 14.0 Å². The highest BCUT2D eigenvalue weighted by Gasteiger charge is 2.29.